The zero-order chi connectivity index (χ0) is 28.6. The number of nitrogens with zero attached hydrogens (tertiary/aromatic N) is 2. The van der Waals surface area contributed by atoms with Crippen molar-refractivity contribution in [2.75, 3.05) is 12.8 Å². The van der Waals surface area contributed by atoms with Gasteiger partial charge in [0.15, 0.2) is 17.3 Å². The number of carbonyl (C=O) groups excluding carboxylic acids is 1. The van der Waals surface area contributed by atoms with Crippen molar-refractivity contribution in [2.24, 2.45) is 5.92 Å². The molecular weight excluding hydrogens is 557 g/mol. The minimum absolute atomic E-state index is 0.0294. The Bertz CT molecular complexity index is 1280. The van der Waals surface area contributed by atoms with Crippen molar-refractivity contribution in [3.8, 4) is 5.69 Å². The Labute approximate surface area is 222 Å². The molecule has 0 spiro atoms. The summed E-state index contributed by atoms with van der Waals surface area (Å²) in [5.74, 6) is -4.96. The molecule has 212 valence electrons. The molecule has 2 aromatic rings. The zero-order valence-corrected chi connectivity index (χ0v) is 22.6. The minimum Gasteiger partial charge on any atom is -0.388 e. The van der Waals surface area contributed by atoms with Crippen molar-refractivity contribution in [3.05, 3.63) is 46.0 Å². The van der Waals surface area contributed by atoms with Crippen LogP contribution in [0.15, 0.2) is 12.1 Å². The van der Waals surface area contributed by atoms with Gasteiger partial charge >= 0.3 is 6.18 Å². The number of sulfone groups is 1. The molecule has 3 rings (SSSR count). The molecule has 2 N–H and O–H groups in total. The van der Waals surface area contributed by atoms with E-state index in [9.17, 15) is 31.5 Å². The lowest BCUT2D eigenvalue weighted by Gasteiger charge is -2.35. The van der Waals surface area contributed by atoms with E-state index in [1.807, 2.05) is 0 Å². The Morgan fingerprint density at radius 2 is 1.82 bits per heavy atom. The largest absolute Gasteiger partial charge is 0.391 e. The van der Waals surface area contributed by atoms with Crippen molar-refractivity contribution >= 4 is 27.3 Å². The zero-order valence-electron chi connectivity index (χ0n) is 21.0. The highest BCUT2D eigenvalue weighted by molar-refractivity contribution is 7.91. The van der Waals surface area contributed by atoms with Gasteiger partial charge in [0.05, 0.1) is 16.8 Å². The van der Waals surface area contributed by atoms with Gasteiger partial charge in [0.1, 0.15) is 26.5 Å². The second-order valence-electron chi connectivity index (χ2n) is 9.85. The Morgan fingerprint density at radius 3 is 2.29 bits per heavy atom. The van der Waals surface area contributed by atoms with E-state index in [1.165, 1.54) is 0 Å². The van der Waals surface area contributed by atoms with E-state index >= 15 is 8.78 Å². The van der Waals surface area contributed by atoms with Gasteiger partial charge in [-0.15, -0.1) is 0 Å². The molecule has 1 aliphatic carbocycles. The first-order valence-corrected chi connectivity index (χ1v) is 14.3. The predicted molar refractivity (Wildman–Crippen MR) is 131 cm³/mol. The standard InChI is InChI=1S/C24H29ClF5N3O4S/c1-4-18-32-19(22(34)31-12-23(35)7-5-15(6-8-23)38(3,36)37)21(25)33(18)20-16(26)10-14(11-17(20)27)9-13(2)24(28,29)30/h10-11,13,15,35H,4-9,12H2,1-3H3,(H,31,34). The number of hydrogen-bond donors (Lipinski definition) is 2. The normalized spacial score (nSPS) is 21.4. The number of alkyl halides is 3. The van der Waals surface area contributed by atoms with Gasteiger partial charge < -0.3 is 10.4 Å². The summed E-state index contributed by atoms with van der Waals surface area (Å²) in [6, 6.07) is 1.58. The molecule has 1 atom stereocenters. The maximum absolute atomic E-state index is 15.0. The molecule has 0 saturated heterocycles. The van der Waals surface area contributed by atoms with Gasteiger partial charge in [-0.05, 0) is 49.8 Å². The number of nitrogens with one attached hydrogen (secondary N) is 1. The van der Waals surface area contributed by atoms with Crippen LogP contribution in [0.3, 0.4) is 0 Å². The lowest BCUT2D eigenvalue weighted by atomic mass is 9.84. The van der Waals surface area contributed by atoms with Crippen LogP contribution in [0.25, 0.3) is 5.69 Å². The Morgan fingerprint density at radius 1 is 1.26 bits per heavy atom. The number of benzene rings is 1. The molecule has 1 heterocycles. The van der Waals surface area contributed by atoms with Gasteiger partial charge in [0, 0.05) is 19.2 Å². The molecule has 38 heavy (non-hydrogen) atoms. The third-order valence-corrected chi connectivity index (χ3v) is 8.90. The van der Waals surface area contributed by atoms with Gasteiger partial charge in [-0.3, -0.25) is 9.36 Å². The van der Waals surface area contributed by atoms with E-state index in [0.29, 0.717) is 0 Å². The molecular formula is C24H29ClF5N3O4S. The Hall–Kier alpha value is -2.25. The summed E-state index contributed by atoms with van der Waals surface area (Å²) in [5, 5.41) is 12.3. The van der Waals surface area contributed by atoms with Crippen LogP contribution in [-0.4, -0.2) is 58.8 Å². The lowest BCUT2D eigenvalue weighted by Crippen LogP contribution is -2.47. The van der Waals surface area contributed by atoms with E-state index < -0.39 is 67.6 Å². The lowest BCUT2D eigenvalue weighted by molar-refractivity contribution is -0.169. The summed E-state index contributed by atoms with van der Waals surface area (Å²) in [5.41, 5.74) is -2.58. The third-order valence-electron chi connectivity index (χ3n) is 6.87. The highest BCUT2D eigenvalue weighted by Crippen LogP contribution is 2.33. The quantitative estimate of drug-likeness (QED) is 0.443. The number of amides is 1. The molecule has 1 unspecified atom stereocenters. The Kier molecular flexibility index (Phi) is 8.84. The number of rotatable bonds is 8. The van der Waals surface area contributed by atoms with E-state index in [4.69, 9.17) is 11.6 Å². The molecule has 1 aromatic heterocycles. The second kappa shape index (κ2) is 11.1. The van der Waals surface area contributed by atoms with Gasteiger partial charge in [0.25, 0.3) is 5.91 Å². The maximum Gasteiger partial charge on any atom is 0.391 e. The summed E-state index contributed by atoms with van der Waals surface area (Å²) in [6.07, 6.45) is -3.17. The molecule has 0 bridgehead atoms. The first-order chi connectivity index (χ1) is 17.5. The third kappa shape index (κ3) is 6.66. The molecule has 1 aromatic carbocycles. The van der Waals surface area contributed by atoms with Crippen molar-refractivity contribution in [1.82, 2.24) is 14.9 Å². The van der Waals surface area contributed by atoms with E-state index in [0.717, 1.165) is 29.9 Å². The molecule has 14 heteroatoms. The number of aromatic nitrogens is 2. The monoisotopic (exact) mass is 585 g/mol. The molecule has 0 aliphatic heterocycles. The summed E-state index contributed by atoms with van der Waals surface area (Å²) in [4.78, 5) is 17.0. The first-order valence-electron chi connectivity index (χ1n) is 12.0. The maximum atomic E-state index is 15.0. The highest BCUT2D eigenvalue weighted by atomic mass is 35.5. The topological polar surface area (TPSA) is 101 Å². The van der Waals surface area contributed by atoms with Crippen molar-refractivity contribution in [2.45, 2.75) is 69.4 Å². The summed E-state index contributed by atoms with van der Waals surface area (Å²) in [6.45, 7) is 2.29. The molecule has 1 aliphatic rings. The first kappa shape index (κ1) is 30.3. The fraction of sp³-hybridized carbons (Fsp3) is 0.583. The van der Waals surface area contributed by atoms with E-state index in [2.05, 4.69) is 10.3 Å². The molecule has 1 fully saturated rings. The SMILES string of the molecule is CCc1nc(C(=O)NCC2(O)CCC(S(C)(=O)=O)CC2)c(Cl)n1-c1c(F)cc(CC(C)C(F)(F)F)cc1F. The van der Waals surface area contributed by atoms with Crippen LogP contribution in [0.2, 0.25) is 5.15 Å². The molecule has 0 radical (unpaired) electrons. The van der Waals surface area contributed by atoms with Crippen LogP contribution in [-0.2, 0) is 22.7 Å². The van der Waals surface area contributed by atoms with E-state index in [-0.39, 0.29) is 55.7 Å². The van der Waals surface area contributed by atoms with Gasteiger partial charge in [0.2, 0.25) is 0 Å². The average molecular weight is 586 g/mol. The van der Waals surface area contributed by atoms with Gasteiger partial charge in [-0.25, -0.2) is 22.2 Å². The number of imidazole rings is 1. The van der Waals surface area contributed by atoms with E-state index in [1.54, 1.807) is 6.92 Å². The second-order valence-corrected chi connectivity index (χ2v) is 12.5. The average Bonchev–Trinajstić information content (AvgIpc) is 3.12. The number of aryl methyl sites for hydroxylation is 1. The van der Waals surface area contributed by atoms with Crippen LogP contribution in [0.4, 0.5) is 22.0 Å². The summed E-state index contributed by atoms with van der Waals surface area (Å²) < 4.78 is 93.0. The van der Waals surface area contributed by atoms with Crippen LogP contribution in [0.5, 0.6) is 0 Å². The smallest absolute Gasteiger partial charge is 0.388 e. The van der Waals surface area contributed by atoms with Crippen LogP contribution in [0, 0.1) is 17.6 Å². The van der Waals surface area contributed by atoms with Crippen LogP contribution < -0.4 is 5.32 Å². The van der Waals surface area contributed by atoms with Crippen molar-refractivity contribution in [1.29, 1.82) is 0 Å². The molecule has 1 saturated carbocycles. The molecule has 7 nitrogen and oxygen atoms in total. The Balaban J connectivity index is 1.82. The fourth-order valence-corrected chi connectivity index (χ4v) is 5.94. The van der Waals surface area contributed by atoms with Gasteiger partial charge in [-0.1, -0.05) is 25.4 Å². The molecule has 1 amide bonds. The number of halogens is 6. The van der Waals surface area contributed by atoms with Crippen LogP contribution in [0.1, 0.15) is 61.4 Å². The highest BCUT2D eigenvalue weighted by Gasteiger charge is 2.38. The number of aliphatic hydroxyl groups is 1. The van der Waals surface area contributed by atoms with Gasteiger partial charge in [-0.2, -0.15) is 13.2 Å². The summed E-state index contributed by atoms with van der Waals surface area (Å²) in [7, 11) is -3.25. The van der Waals surface area contributed by atoms with Crippen LogP contribution >= 0.6 is 11.6 Å². The minimum atomic E-state index is -4.53. The van der Waals surface area contributed by atoms with Crippen molar-refractivity contribution in [3.63, 3.8) is 0 Å². The number of carbonyl (C=O) groups is 1. The predicted octanol–water partition coefficient (Wildman–Crippen LogP) is 4.56. The van der Waals surface area contributed by atoms with Crippen molar-refractivity contribution < 1.29 is 40.3 Å². The summed E-state index contributed by atoms with van der Waals surface area (Å²) >= 11 is 6.32. The fourth-order valence-electron chi connectivity index (χ4n) is 4.53. The number of hydrogen-bond acceptors (Lipinski definition) is 5.